The Morgan fingerprint density at radius 3 is 2.67 bits per heavy atom. The van der Waals surface area contributed by atoms with Crippen LogP contribution in [0.1, 0.15) is 38.2 Å². The summed E-state index contributed by atoms with van der Waals surface area (Å²) in [4.78, 5) is 0.505. The zero-order valence-electron chi connectivity index (χ0n) is 11.0. The molecule has 1 heterocycles. The van der Waals surface area contributed by atoms with Gasteiger partial charge >= 0.3 is 0 Å². The molecule has 0 aliphatic carbocycles. The Bertz CT molecular complexity index is 538. The molecule has 0 radical (unpaired) electrons. The van der Waals surface area contributed by atoms with Crippen molar-refractivity contribution in [2.75, 3.05) is 12.3 Å². The highest BCUT2D eigenvalue weighted by molar-refractivity contribution is 7.91. The molecule has 0 saturated heterocycles. The van der Waals surface area contributed by atoms with Gasteiger partial charge in [-0.25, -0.2) is 8.42 Å². The maximum atomic E-state index is 12.2. The van der Waals surface area contributed by atoms with Crippen LogP contribution in [0.4, 0.5) is 0 Å². The zero-order valence-corrected chi connectivity index (χ0v) is 11.8. The van der Waals surface area contributed by atoms with Gasteiger partial charge in [-0.15, -0.1) is 0 Å². The summed E-state index contributed by atoms with van der Waals surface area (Å²) in [7, 11) is -3.12. The maximum Gasteiger partial charge on any atom is 0.179 e. The van der Waals surface area contributed by atoms with Gasteiger partial charge in [-0.3, -0.25) is 0 Å². The summed E-state index contributed by atoms with van der Waals surface area (Å²) in [5.74, 6) is 0.240. The molecule has 0 fully saturated rings. The lowest BCUT2D eigenvalue weighted by molar-refractivity contribution is 0.254. The Morgan fingerprint density at radius 1 is 1.39 bits per heavy atom. The molecule has 0 aromatic heterocycles. The fraction of sp³-hybridized carbons (Fsp3) is 0.571. The molecule has 18 heavy (non-hydrogen) atoms. The van der Waals surface area contributed by atoms with Gasteiger partial charge in [-0.05, 0) is 30.0 Å². The van der Waals surface area contributed by atoms with Gasteiger partial charge in [0.2, 0.25) is 0 Å². The zero-order chi connectivity index (χ0) is 13.4. The minimum Gasteiger partial charge on any atom is -0.330 e. The summed E-state index contributed by atoms with van der Waals surface area (Å²) in [6.45, 7) is 4.75. The van der Waals surface area contributed by atoms with Crippen LogP contribution in [-0.4, -0.2) is 20.7 Å². The largest absolute Gasteiger partial charge is 0.330 e. The highest BCUT2D eigenvalue weighted by atomic mass is 32.2. The van der Waals surface area contributed by atoms with Crippen LogP contribution in [0.5, 0.6) is 0 Å². The lowest BCUT2D eigenvalue weighted by Gasteiger charge is -2.34. The third kappa shape index (κ3) is 2.08. The van der Waals surface area contributed by atoms with Crippen LogP contribution < -0.4 is 5.73 Å². The minimum absolute atomic E-state index is 0.0312. The fourth-order valence-corrected chi connectivity index (χ4v) is 5.07. The smallest absolute Gasteiger partial charge is 0.179 e. The number of fused-ring (bicyclic) bond motifs is 1. The molecule has 0 bridgehead atoms. The predicted octanol–water partition coefficient (Wildman–Crippen LogP) is 2.32. The first kappa shape index (κ1) is 13.6. The average molecular weight is 267 g/mol. The van der Waals surface area contributed by atoms with Gasteiger partial charge in [-0.1, -0.05) is 38.5 Å². The van der Waals surface area contributed by atoms with E-state index in [1.165, 1.54) is 0 Å². The number of nitrogens with two attached hydrogens (primary N) is 1. The van der Waals surface area contributed by atoms with Crippen LogP contribution in [0.25, 0.3) is 0 Å². The molecule has 1 aromatic carbocycles. The van der Waals surface area contributed by atoms with Gasteiger partial charge in [0.15, 0.2) is 9.84 Å². The quantitative estimate of drug-likeness (QED) is 0.910. The molecule has 1 aliphatic rings. The molecule has 1 aromatic rings. The third-order valence-corrected chi connectivity index (χ3v) is 5.96. The van der Waals surface area contributed by atoms with Gasteiger partial charge in [0.1, 0.15) is 0 Å². The number of sulfone groups is 1. The molecule has 4 heteroatoms. The number of hydrogen-bond donors (Lipinski definition) is 1. The summed E-state index contributed by atoms with van der Waals surface area (Å²) < 4.78 is 24.4. The Labute approximate surface area is 109 Å². The van der Waals surface area contributed by atoms with Crippen LogP contribution in [0.3, 0.4) is 0 Å². The van der Waals surface area contributed by atoms with E-state index in [0.717, 1.165) is 18.4 Å². The highest BCUT2D eigenvalue weighted by Gasteiger charge is 2.43. The SMILES string of the molecule is CCCC(C)(CN)C1CS(=O)(=O)c2ccccc21. The molecule has 2 rings (SSSR count). The molecular formula is C14H21NO2S. The molecular weight excluding hydrogens is 246 g/mol. The van der Waals surface area contributed by atoms with Crippen molar-refractivity contribution in [1.82, 2.24) is 0 Å². The van der Waals surface area contributed by atoms with Crippen molar-refractivity contribution in [2.24, 2.45) is 11.1 Å². The van der Waals surface area contributed by atoms with Gasteiger partial charge in [0.05, 0.1) is 10.6 Å². The first-order valence-corrected chi connectivity index (χ1v) is 8.11. The first-order chi connectivity index (χ1) is 8.44. The standard InChI is InChI=1S/C14H21NO2S/c1-3-8-14(2,10-15)12-9-18(16,17)13-7-5-4-6-11(12)13/h4-7,12H,3,8-10,15H2,1-2H3. The molecule has 0 saturated carbocycles. The fourth-order valence-electron chi connectivity index (χ4n) is 3.02. The van der Waals surface area contributed by atoms with E-state index in [-0.39, 0.29) is 17.1 Å². The highest BCUT2D eigenvalue weighted by Crippen LogP contribution is 2.47. The maximum absolute atomic E-state index is 12.2. The molecule has 2 N–H and O–H groups in total. The van der Waals surface area contributed by atoms with Crippen LogP contribution in [0.15, 0.2) is 29.2 Å². The second-order valence-electron chi connectivity index (χ2n) is 5.48. The second-order valence-corrected chi connectivity index (χ2v) is 7.48. The predicted molar refractivity (Wildman–Crippen MR) is 73.3 cm³/mol. The van der Waals surface area contributed by atoms with E-state index < -0.39 is 9.84 Å². The van der Waals surface area contributed by atoms with E-state index in [9.17, 15) is 8.42 Å². The summed E-state index contributed by atoms with van der Waals surface area (Å²) in [6.07, 6.45) is 1.98. The van der Waals surface area contributed by atoms with E-state index in [1.807, 2.05) is 12.1 Å². The average Bonchev–Trinajstić information content (AvgIpc) is 2.63. The van der Waals surface area contributed by atoms with Gasteiger partial charge in [0, 0.05) is 5.92 Å². The van der Waals surface area contributed by atoms with Crippen LogP contribution >= 0.6 is 0 Å². The van der Waals surface area contributed by atoms with Gasteiger partial charge in [-0.2, -0.15) is 0 Å². The summed E-state index contributed by atoms with van der Waals surface area (Å²) in [5, 5.41) is 0. The second kappa shape index (κ2) is 4.67. The molecule has 1 aliphatic heterocycles. The van der Waals surface area contributed by atoms with Crippen molar-refractivity contribution in [3.63, 3.8) is 0 Å². The van der Waals surface area contributed by atoms with E-state index in [1.54, 1.807) is 12.1 Å². The normalized spacial score (nSPS) is 24.5. The van der Waals surface area contributed by atoms with Gasteiger partial charge < -0.3 is 5.73 Å². The third-order valence-electron chi connectivity index (χ3n) is 4.14. The first-order valence-electron chi connectivity index (χ1n) is 6.46. The van der Waals surface area contributed by atoms with Crippen molar-refractivity contribution in [3.05, 3.63) is 29.8 Å². The molecule has 0 amide bonds. The lowest BCUT2D eigenvalue weighted by atomic mass is 9.72. The lowest BCUT2D eigenvalue weighted by Crippen LogP contribution is -2.34. The number of rotatable bonds is 4. The molecule has 0 spiro atoms. The Morgan fingerprint density at radius 2 is 2.06 bits per heavy atom. The van der Waals surface area contributed by atoms with E-state index >= 15 is 0 Å². The Balaban J connectivity index is 2.50. The van der Waals surface area contributed by atoms with Crippen molar-refractivity contribution in [1.29, 1.82) is 0 Å². The van der Waals surface area contributed by atoms with Crippen LogP contribution in [0.2, 0.25) is 0 Å². The topological polar surface area (TPSA) is 60.2 Å². The van der Waals surface area contributed by atoms with E-state index in [0.29, 0.717) is 11.4 Å². The van der Waals surface area contributed by atoms with E-state index in [2.05, 4.69) is 13.8 Å². The van der Waals surface area contributed by atoms with Crippen molar-refractivity contribution >= 4 is 9.84 Å². The number of hydrogen-bond acceptors (Lipinski definition) is 3. The van der Waals surface area contributed by atoms with Crippen molar-refractivity contribution < 1.29 is 8.42 Å². The minimum atomic E-state index is -3.12. The van der Waals surface area contributed by atoms with E-state index in [4.69, 9.17) is 5.73 Å². The van der Waals surface area contributed by atoms with Gasteiger partial charge in [0.25, 0.3) is 0 Å². The number of benzene rings is 1. The molecule has 2 unspecified atom stereocenters. The van der Waals surface area contributed by atoms with Crippen LogP contribution in [-0.2, 0) is 9.84 Å². The monoisotopic (exact) mass is 267 g/mol. The summed E-state index contributed by atoms with van der Waals surface area (Å²) >= 11 is 0. The summed E-state index contributed by atoms with van der Waals surface area (Å²) in [5.41, 5.74) is 6.75. The Kier molecular flexibility index (Phi) is 3.52. The molecule has 2 atom stereocenters. The van der Waals surface area contributed by atoms with Crippen LogP contribution in [0, 0.1) is 5.41 Å². The Hall–Kier alpha value is -0.870. The van der Waals surface area contributed by atoms with Crippen molar-refractivity contribution in [2.45, 2.75) is 37.5 Å². The summed E-state index contributed by atoms with van der Waals surface area (Å²) in [6, 6.07) is 7.36. The molecule has 100 valence electrons. The molecule has 3 nitrogen and oxygen atoms in total. The van der Waals surface area contributed by atoms with Crippen molar-refractivity contribution in [3.8, 4) is 0 Å².